The molecule has 0 radical (unpaired) electrons. The Kier molecular flexibility index (Phi) is 5.31. The Balaban J connectivity index is 2.11. The number of rotatable bonds is 4. The minimum absolute atomic E-state index is 0.0293. The van der Waals surface area contributed by atoms with Gasteiger partial charge in [0.1, 0.15) is 17.3 Å². The van der Waals surface area contributed by atoms with Gasteiger partial charge in [0.25, 0.3) is 11.5 Å². The SMILES string of the molecule is CC(=O)Oc1ccccc1C(=O)Nc1c(N)n(-c2ccccc2)c(=O)n(C)c1=O. The standard InChI is InChI=1S/C20H18N4O5/c1-12(25)29-15-11-7-6-10-14(15)18(26)22-16-17(21)24(13-8-4-3-5-9-13)20(28)23(2)19(16)27/h3-11H,21H2,1-2H3,(H,22,26). The van der Waals surface area contributed by atoms with Gasteiger partial charge in [0.05, 0.1) is 11.3 Å². The second kappa shape index (κ2) is 7.85. The lowest BCUT2D eigenvalue weighted by Gasteiger charge is -2.16. The second-order valence-corrected chi connectivity index (χ2v) is 6.12. The molecule has 0 saturated heterocycles. The molecule has 2 aromatic carbocycles. The number of para-hydroxylation sites is 2. The summed E-state index contributed by atoms with van der Waals surface area (Å²) in [5.41, 5.74) is 4.86. The van der Waals surface area contributed by atoms with E-state index in [0.717, 1.165) is 9.13 Å². The molecule has 0 spiro atoms. The van der Waals surface area contributed by atoms with Crippen molar-refractivity contribution in [3.63, 3.8) is 0 Å². The van der Waals surface area contributed by atoms with Gasteiger partial charge in [-0.05, 0) is 24.3 Å². The van der Waals surface area contributed by atoms with E-state index in [4.69, 9.17) is 10.5 Å². The number of carbonyl (C=O) groups excluding carboxylic acids is 2. The number of benzene rings is 2. The third-order valence-electron chi connectivity index (χ3n) is 4.13. The van der Waals surface area contributed by atoms with Crippen molar-refractivity contribution in [2.75, 3.05) is 11.1 Å². The van der Waals surface area contributed by atoms with Crippen molar-refractivity contribution in [3.05, 3.63) is 81.0 Å². The zero-order valence-corrected chi connectivity index (χ0v) is 15.7. The Bertz CT molecular complexity index is 1210. The third kappa shape index (κ3) is 3.79. The lowest BCUT2D eigenvalue weighted by atomic mass is 10.2. The highest BCUT2D eigenvalue weighted by molar-refractivity contribution is 6.07. The van der Waals surface area contributed by atoms with Gasteiger partial charge in [0.15, 0.2) is 0 Å². The molecule has 148 valence electrons. The molecule has 0 unspecified atom stereocenters. The number of anilines is 2. The van der Waals surface area contributed by atoms with Crippen molar-refractivity contribution >= 4 is 23.4 Å². The summed E-state index contributed by atoms with van der Waals surface area (Å²) in [5, 5.41) is 2.44. The molecule has 29 heavy (non-hydrogen) atoms. The van der Waals surface area contributed by atoms with E-state index in [1.54, 1.807) is 42.5 Å². The summed E-state index contributed by atoms with van der Waals surface area (Å²) < 4.78 is 7.00. The number of nitrogens with two attached hydrogens (primary N) is 1. The van der Waals surface area contributed by atoms with Crippen LogP contribution >= 0.6 is 0 Å². The highest BCUT2D eigenvalue weighted by Gasteiger charge is 2.21. The van der Waals surface area contributed by atoms with Crippen LogP contribution in [0.25, 0.3) is 5.69 Å². The van der Waals surface area contributed by atoms with Crippen molar-refractivity contribution in [3.8, 4) is 11.4 Å². The number of nitrogens with zero attached hydrogens (tertiary/aromatic N) is 2. The fraction of sp³-hybridized carbons (Fsp3) is 0.100. The molecule has 9 heteroatoms. The fourth-order valence-corrected chi connectivity index (χ4v) is 2.75. The summed E-state index contributed by atoms with van der Waals surface area (Å²) >= 11 is 0. The van der Waals surface area contributed by atoms with E-state index in [9.17, 15) is 19.2 Å². The van der Waals surface area contributed by atoms with Gasteiger partial charge in [-0.3, -0.25) is 19.0 Å². The third-order valence-corrected chi connectivity index (χ3v) is 4.13. The molecule has 0 atom stereocenters. The zero-order valence-electron chi connectivity index (χ0n) is 15.7. The van der Waals surface area contributed by atoms with Gasteiger partial charge in [0.2, 0.25) is 0 Å². The molecule has 0 saturated carbocycles. The molecule has 3 rings (SSSR count). The van der Waals surface area contributed by atoms with Gasteiger partial charge in [-0.2, -0.15) is 0 Å². The smallest absolute Gasteiger partial charge is 0.337 e. The highest BCUT2D eigenvalue weighted by atomic mass is 16.5. The van der Waals surface area contributed by atoms with E-state index in [1.165, 1.54) is 26.1 Å². The van der Waals surface area contributed by atoms with E-state index in [2.05, 4.69) is 5.32 Å². The summed E-state index contributed by atoms with van der Waals surface area (Å²) in [5.74, 6) is -1.51. The molecule has 0 aliphatic heterocycles. The predicted molar refractivity (Wildman–Crippen MR) is 107 cm³/mol. The number of ether oxygens (including phenoxy) is 1. The Morgan fingerprint density at radius 1 is 1.00 bits per heavy atom. The maximum Gasteiger partial charge on any atom is 0.337 e. The monoisotopic (exact) mass is 394 g/mol. The van der Waals surface area contributed by atoms with Gasteiger partial charge < -0.3 is 15.8 Å². The molecule has 0 aliphatic carbocycles. The summed E-state index contributed by atoms with van der Waals surface area (Å²) in [7, 11) is 1.28. The van der Waals surface area contributed by atoms with Gasteiger partial charge in [0, 0.05) is 14.0 Å². The fourth-order valence-electron chi connectivity index (χ4n) is 2.75. The molecular formula is C20H18N4O5. The van der Waals surface area contributed by atoms with Crippen LogP contribution in [-0.4, -0.2) is 21.0 Å². The van der Waals surface area contributed by atoms with Crippen LogP contribution in [0, 0.1) is 0 Å². The minimum Gasteiger partial charge on any atom is -0.426 e. The van der Waals surface area contributed by atoms with Gasteiger partial charge >= 0.3 is 11.7 Å². The maximum atomic E-state index is 12.8. The molecule has 0 fully saturated rings. The normalized spacial score (nSPS) is 10.4. The summed E-state index contributed by atoms with van der Waals surface area (Å²) in [6, 6.07) is 14.5. The number of hydrogen-bond acceptors (Lipinski definition) is 6. The van der Waals surface area contributed by atoms with Crippen LogP contribution in [0.1, 0.15) is 17.3 Å². The highest BCUT2D eigenvalue weighted by Crippen LogP contribution is 2.21. The summed E-state index contributed by atoms with van der Waals surface area (Å²) in [4.78, 5) is 49.2. The van der Waals surface area contributed by atoms with Crippen LogP contribution in [-0.2, 0) is 11.8 Å². The van der Waals surface area contributed by atoms with Crippen molar-refractivity contribution in [2.24, 2.45) is 7.05 Å². The van der Waals surface area contributed by atoms with Gasteiger partial charge in [-0.1, -0.05) is 30.3 Å². The van der Waals surface area contributed by atoms with E-state index in [1.807, 2.05) is 0 Å². The first-order valence-corrected chi connectivity index (χ1v) is 8.57. The lowest BCUT2D eigenvalue weighted by Crippen LogP contribution is -2.40. The van der Waals surface area contributed by atoms with E-state index < -0.39 is 23.1 Å². The van der Waals surface area contributed by atoms with Crippen LogP contribution in [0.2, 0.25) is 0 Å². The average Bonchev–Trinajstić information content (AvgIpc) is 2.70. The number of amides is 1. The summed E-state index contributed by atoms with van der Waals surface area (Å²) in [6.07, 6.45) is 0. The maximum absolute atomic E-state index is 12.8. The van der Waals surface area contributed by atoms with Gasteiger partial charge in [-0.25, -0.2) is 9.36 Å². The first kappa shape index (κ1) is 19.6. The van der Waals surface area contributed by atoms with Crippen molar-refractivity contribution in [2.45, 2.75) is 6.92 Å². The van der Waals surface area contributed by atoms with Crippen molar-refractivity contribution < 1.29 is 14.3 Å². The molecule has 3 aromatic rings. The van der Waals surface area contributed by atoms with Crippen LogP contribution < -0.4 is 27.0 Å². The van der Waals surface area contributed by atoms with Crippen LogP contribution in [0.5, 0.6) is 5.75 Å². The molecule has 9 nitrogen and oxygen atoms in total. The Labute approximate surface area is 165 Å². The van der Waals surface area contributed by atoms with Crippen molar-refractivity contribution in [1.82, 2.24) is 9.13 Å². The number of carbonyl (C=O) groups is 2. The number of aromatic nitrogens is 2. The van der Waals surface area contributed by atoms with E-state index >= 15 is 0 Å². The van der Waals surface area contributed by atoms with Crippen molar-refractivity contribution in [1.29, 1.82) is 0 Å². The Morgan fingerprint density at radius 3 is 2.28 bits per heavy atom. The molecular weight excluding hydrogens is 376 g/mol. The quantitative estimate of drug-likeness (QED) is 0.507. The first-order valence-electron chi connectivity index (χ1n) is 8.57. The van der Waals surface area contributed by atoms with Gasteiger partial charge in [-0.15, -0.1) is 0 Å². The number of hydrogen-bond donors (Lipinski definition) is 2. The zero-order chi connectivity index (χ0) is 21.1. The van der Waals surface area contributed by atoms with Crippen LogP contribution in [0.3, 0.4) is 0 Å². The minimum atomic E-state index is -0.766. The molecule has 0 bridgehead atoms. The van der Waals surface area contributed by atoms with Crippen LogP contribution in [0.15, 0.2) is 64.2 Å². The molecule has 0 aliphatic rings. The Hall–Kier alpha value is -4.14. The number of nitrogen functional groups attached to an aromatic ring is 1. The summed E-state index contributed by atoms with van der Waals surface area (Å²) in [6.45, 7) is 1.21. The largest absolute Gasteiger partial charge is 0.426 e. The lowest BCUT2D eigenvalue weighted by molar-refractivity contribution is -0.131. The van der Waals surface area contributed by atoms with Crippen LogP contribution in [0.4, 0.5) is 11.5 Å². The molecule has 3 N–H and O–H groups in total. The molecule has 1 amide bonds. The van der Waals surface area contributed by atoms with E-state index in [0.29, 0.717) is 5.69 Å². The van der Waals surface area contributed by atoms with E-state index in [-0.39, 0.29) is 22.8 Å². The number of nitrogens with one attached hydrogen (secondary N) is 1. The Morgan fingerprint density at radius 2 is 1.62 bits per heavy atom. The molecule has 1 aromatic heterocycles. The second-order valence-electron chi connectivity index (χ2n) is 6.12. The topological polar surface area (TPSA) is 125 Å². The molecule has 1 heterocycles. The first-order chi connectivity index (χ1) is 13.8. The number of esters is 1. The predicted octanol–water partition coefficient (Wildman–Crippen LogP) is 1.30. The average molecular weight is 394 g/mol.